The molecule has 0 atom stereocenters. The molecular formula is C18H10ClFN4. The molecule has 6 heteroatoms. The first-order valence-electron chi connectivity index (χ1n) is 6.96. The van der Waals surface area contributed by atoms with E-state index in [1.54, 1.807) is 35.1 Å². The molecule has 2 aromatic heterocycles. The number of pyridine rings is 1. The highest BCUT2D eigenvalue weighted by Gasteiger charge is 2.08. The Morgan fingerprint density at radius 1 is 1.12 bits per heavy atom. The maximum Gasteiger partial charge on any atom is 0.136 e. The molecule has 0 radical (unpaired) electrons. The molecule has 1 aromatic carbocycles. The average molecular weight is 337 g/mol. The number of aromatic nitrogens is 3. The van der Waals surface area contributed by atoms with Crippen molar-refractivity contribution in [3.63, 3.8) is 0 Å². The topological polar surface area (TPSA) is 54.5 Å². The van der Waals surface area contributed by atoms with Gasteiger partial charge in [-0.1, -0.05) is 17.5 Å². The highest BCUT2D eigenvalue weighted by Crippen LogP contribution is 2.16. The van der Waals surface area contributed by atoms with Gasteiger partial charge >= 0.3 is 0 Å². The van der Waals surface area contributed by atoms with Gasteiger partial charge in [0.2, 0.25) is 0 Å². The van der Waals surface area contributed by atoms with Crippen molar-refractivity contribution in [1.29, 1.82) is 5.26 Å². The minimum Gasteiger partial charge on any atom is -0.244 e. The van der Waals surface area contributed by atoms with Crippen LogP contribution < -0.4 is 0 Å². The van der Waals surface area contributed by atoms with Crippen LogP contribution in [0.15, 0.2) is 42.6 Å². The van der Waals surface area contributed by atoms with Gasteiger partial charge in [-0.15, -0.1) is 0 Å². The van der Waals surface area contributed by atoms with Crippen LogP contribution in [0.1, 0.15) is 22.5 Å². The molecular weight excluding hydrogens is 327 g/mol. The van der Waals surface area contributed by atoms with Gasteiger partial charge in [0.25, 0.3) is 0 Å². The molecule has 3 rings (SSSR count). The predicted octanol–water partition coefficient (Wildman–Crippen LogP) is 3.64. The molecule has 24 heavy (non-hydrogen) atoms. The number of nitriles is 1. The molecule has 0 unspecified atom stereocenters. The van der Waals surface area contributed by atoms with Gasteiger partial charge in [-0.3, -0.25) is 0 Å². The van der Waals surface area contributed by atoms with Gasteiger partial charge in [-0.2, -0.15) is 10.4 Å². The summed E-state index contributed by atoms with van der Waals surface area (Å²) in [7, 11) is 0. The number of hydrogen-bond donors (Lipinski definition) is 0. The lowest BCUT2D eigenvalue weighted by Crippen LogP contribution is -2.00. The molecule has 0 fully saturated rings. The molecule has 0 aliphatic rings. The number of nitrogens with zero attached hydrogens (tertiary/aromatic N) is 4. The van der Waals surface area contributed by atoms with E-state index in [0.29, 0.717) is 16.5 Å². The van der Waals surface area contributed by atoms with Crippen molar-refractivity contribution in [3.05, 3.63) is 76.1 Å². The largest absolute Gasteiger partial charge is 0.244 e. The monoisotopic (exact) mass is 336 g/mol. The molecule has 0 saturated heterocycles. The molecule has 0 aliphatic carbocycles. The van der Waals surface area contributed by atoms with Crippen LogP contribution in [0, 0.1) is 35.9 Å². The fourth-order valence-corrected chi connectivity index (χ4v) is 2.35. The summed E-state index contributed by atoms with van der Waals surface area (Å²) < 4.78 is 15.2. The third-order valence-electron chi connectivity index (χ3n) is 3.21. The van der Waals surface area contributed by atoms with Crippen molar-refractivity contribution in [2.75, 3.05) is 0 Å². The Kier molecular flexibility index (Phi) is 4.29. The van der Waals surface area contributed by atoms with E-state index in [1.165, 1.54) is 12.1 Å². The third kappa shape index (κ3) is 3.43. The first-order chi connectivity index (χ1) is 11.5. The summed E-state index contributed by atoms with van der Waals surface area (Å²) in [6.45, 7) is 1.83. The van der Waals surface area contributed by atoms with E-state index in [2.05, 4.69) is 21.9 Å². The molecule has 0 bridgehead atoms. The maximum atomic E-state index is 13.6. The lowest BCUT2D eigenvalue weighted by atomic mass is 10.2. The van der Waals surface area contributed by atoms with E-state index in [4.69, 9.17) is 16.9 Å². The number of halogens is 2. The summed E-state index contributed by atoms with van der Waals surface area (Å²) >= 11 is 5.82. The van der Waals surface area contributed by atoms with E-state index < -0.39 is 5.82 Å². The van der Waals surface area contributed by atoms with Crippen molar-refractivity contribution in [2.45, 2.75) is 6.92 Å². The van der Waals surface area contributed by atoms with Crippen molar-refractivity contribution < 1.29 is 4.39 Å². The van der Waals surface area contributed by atoms with E-state index in [0.717, 1.165) is 11.3 Å². The van der Waals surface area contributed by atoms with Crippen molar-refractivity contribution >= 4 is 11.6 Å². The molecule has 3 aromatic rings. The Hall–Kier alpha value is -3.15. The fraction of sp³-hybridized carbons (Fsp3) is 0.0556. The number of aryl methyl sites for hydroxylation is 1. The van der Waals surface area contributed by atoms with E-state index in [-0.39, 0.29) is 5.56 Å². The minimum atomic E-state index is -0.488. The fourth-order valence-electron chi connectivity index (χ4n) is 2.17. The van der Waals surface area contributed by atoms with E-state index >= 15 is 0 Å². The van der Waals surface area contributed by atoms with Crippen molar-refractivity contribution in [2.24, 2.45) is 0 Å². The Labute approximate surface area is 143 Å². The zero-order valence-corrected chi connectivity index (χ0v) is 13.3. The molecule has 0 spiro atoms. The molecule has 0 saturated carbocycles. The van der Waals surface area contributed by atoms with Crippen LogP contribution in [0.4, 0.5) is 4.39 Å². The number of rotatable bonds is 1. The molecule has 0 N–H and O–H groups in total. The van der Waals surface area contributed by atoms with Gasteiger partial charge in [0, 0.05) is 17.5 Å². The summed E-state index contributed by atoms with van der Waals surface area (Å²) in [5.74, 6) is 5.40. The first-order valence-corrected chi connectivity index (χ1v) is 7.34. The first kappa shape index (κ1) is 15.7. The summed E-state index contributed by atoms with van der Waals surface area (Å²) in [5.41, 5.74) is 2.74. The van der Waals surface area contributed by atoms with Crippen LogP contribution in [0.2, 0.25) is 5.15 Å². The Bertz CT molecular complexity index is 1020. The van der Waals surface area contributed by atoms with Gasteiger partial charge in [0.05, 0.1) is 17.3 Å². The van der Waals surface area contributed by atoms with Crippen LogP contribution in [0.3, 0.4) is 0 Å². The SMILES string of the molecule is Cc1cc(C#Cc2ccnc(Cl)c2)nn1-c1cc(F)cc(C#N)c1. The maximum absolute atomic E-state index is 13.6. The smallest absolute Gasteiger partial charge is 0.136 e. The van der Waals surface area contributed by atoms with Gasteiger partial charge in [-0.05, 0) is 49.2 Å². The highest BCUT2D eigenvalue weighted by atomic mass is 35.5. The second-order valence-corrected chi connectivity index (χ2v) is 5.40. The Morgan fingerprint density at radius 3 is 2.71 bits per heavy atom. The van der Waals surface area contributed by atoms with Gasteiger partial charge in [0.1, 0.15) is 16.7 Å². The lowest BCUT2D eigenvalue weighted by Gasteiger charge is -2.04. The Balaban J connectivity index is 1.97. The highest BCUT2D eigenvalue weighted by molar-refractivity contribution is 6.29. The molecule has 0 amide bonds. The quantitative estimate of drug-likeness (QED) is 0.503. The summed E-state index contributed by atoms with van der Waals surface area (Å²) in [4.78, 5) is 3.89. The molecule has 2 heterocycles. The normalized spacial score (nSPS) is 9.92. The van der Waals surface area contributed by atoms with Crippen molar-refractivity contribution in [1.82, 2.24) is 14.8 Å². The van der Waals surface area contributed by atoms with Crippen molar-refractivity contribution in [3.8, 4) is 23.6 Å². The zero-order chi connectivity index (χ0) is 17.1. The average Bonchev–Trinajstić information content (AvgIpc) is 2.93. The minimum absolute atomic E-state index is 0.235. The van der Waals surface area contributed by atoms with Gasteiger partial charge in [-0.25, -0.2) is 14.1 Å². The van der Waals surface area contributed by atoms with E-state index in [9.17, 15) is 4.39 Å². The van der Waals surface area contributed by atoms with Crippen LogP contribution >= 0.6 is 11.6 Å². The van der Waals surface area contributed by atoms with Gasteiger partial charge < -0.3 is 0 Å². The second-order valence-electron chi connectivity index (χ2n) is 5.01. The van der Waals surface area contributed by atoms with E-state index in [1.807, 2.05) is 13.0 Å². The van der Waals surface area contributed by atoms with Crippen LogP contribution in [-0.4, -0.2) is 14.8 Å². The molecule has 4 nitrogen and oxygen atoms in total. The zero-order valence-electron chi connectivity index (χ0n) is 12.6. The van der Waals surface area contributed by atoms with Crippen LogP contribution in [0.5, 0.6) is 0 Å². The second kappa shape index (κ2) is 6.54. The Morgan fingerprint density at radius 2 is 1.96 bits per heavy atom. The lowest BCUT2D eigenvalue weighted by molar-refractivity contribution is 0.624. The molecule has 116 valence electrons. The predicted molar refractivity (Wildman–Crippen MR) is 88.2 cm³/mol. The van der Waals surface area contributed by atoms with Crippen LogP contribution in [0.25, 0.3) is 5.69 Å². The summed E-state index contributed by atoms with van der Waals surface area (Å²) in [6, 6.07) is 11.2. The summed E-state index contributed by atoms with van der Waals surface area (Å²) in [5, 5.41) is 13.7. The number of hydrogen-bond acceptors (Lipinski definition) is 3. The third-order valence-corrected chi connectivity index (χ3v) is 3.41. The summed E-state index contributed by atoms with van der Waals surface area (Å²) in [6.07, 6.45) is 1.58. The number of benzene rings is 1. The van der Waals surface area contributed by atoms with Crippen LogP contribution in [-0.2, 0) is 0 Å². The standard InChI is InChI=1S/C18H10ClFN4/c1-12-6-16(3-2-13-4-5-22-18(19)9-13)23-24(12)17-8-14(11-21)7-15(20)10-17/h4-10H,1H3. The molecule has 0 aliphatic heterocycles. The van der Waals surface area contributed by atoms with Gasteiger partial charge in [0.15, 0.2) is 0 Å².